The molecule has 0 aromatic heterocycles. The van der Waals surface area contributed by atoms with Crippen LogP contribution < -0.4 is 10.6 Å². The van der Waals surface area contributed by atoms with Gasteiger partial charge in [0.05, 0.1) is 5.69 Å². The Hall–Kier alpha value is -1.48. The summed E-state index contributed by atoms with van der Waals surface area (Å²) >= 11 is 3.61. The van der Waals surface area contributed by atoms with Crippen LogP contribution in [0.15, 0.2) is 46.9 Å². The normalized spacial score (nSPS) is 10.4. The molecule has 0 radical (unpaired) electrons. The molecule has 0 atom stereocenters. The molecule has 2 aromatic rings. The molecular formula is C15H17BrN2. The maximum Gasteiger partial charge on any atom is 0.0586 e. The quantitative estimate of drug-likeness (QED) is 0.854. The largest absolute Gasteiger partial charge is 0.399 e. The number of nitrogens with two attached hydrogens (primary N) is 1. The van der Waals surface area contributed by atoms with Crippen molar-refractivity contribution in [2.24, 2.45) is 0 Å². The van der Waals surface area contributed by atoms with Crippen LogP contribution in [0.2, 0.25) is 0 Å². The minimum atomic E-state index is 0.795. The molecule has 2 nitrogen and oxygen atoms in total. The number of hydrogen-bond donors (Lipinski definition) is 1. The van der Waals surface area contributed by atoms with Gasteiger partial charge in [-0.3, -0.25) is 0 Å². The van der Waals surface area contributed by atoms with Gasteiger partial charge < -0.3 is 10.6 Å². The molecule has 3 heteroatoms. The summed E-state index contributed by atoms with van der Waals surface area (Å²) < 4.78 is 1.03. The lowest BCUT2D eigenvalue weighted by atomic mass is 10.1. The van der Waals surface area contributed by atoms with E-state index in [-0.39, 0.29) is 0 Å². The Kier molecular flexibility index (Phi) is 3.92. The highest BCUT2D eigenvalue weighted by molar-refractivity contribution is 9.10. The second kappa shape index (κ2) is 5.44. The van der Waals surface area contributed by atoms with Gasteiger partial charge >= 0.3 is 0 Å². The van der Waals surface area contributed by atoms with Gasteiger partial charge in [0.25, 0.3) is 0 Å². The Morgan fingerprint density at radius 2 is 1.83 bits per heavy atom. The van der Waals surface area contributed by atoms with Gasteiger partial charge in [-0.25, -0.2) is 0 Å². The third-order valence-electron chi connectivity index (χ3n) is 3.02. The lowest BCUT2D eigenvalue weighted by Gasteiger charge is -2.24. The van der Waals surface area contributed by atoms with Crippen molar-refractivity contribution in [2.75, 3.05) is 17.7 Å². The number of nitrogen functional groups attached to an aromatic ring is 1. The van der Waals surface area contributed by atoms with Crippen LogP contribution in [0.3, 0.4) is 0 Å². The van der Waals surface area contributed by atoms with Crippen LogP contribution in [0.5, 0.6) is 0 Å². The molecule has 0 fully saturated rings. The van der Waals surface area contributed by atoms with Gasteiger partial charge in [-0.2, -0.15) is 0 Å². The van der Waals surface area contributed by atoms with Crippen LogP contribution in [0.25, 0.3) is 0 Å². The second-order valence-corrected chi connectivity index (χ2v) is 5.11. The Morgan fingerprint density at radius 1 is 1.17 bits per heavy atom. The van der Waals surface area contributed by atoms with Crippen LogP contribution in [-0.2, 0) is 6.42 Å². The van der Waals surface area contributed by atoms with Crippen molar-refractivity contribution in [1.29, 1.82) is 0 Å². The molecule has 2 N–H and O–H groups in total. The summed E-state index contributed by atoms with van der Waals surface area (Å²) in [5.41, 5.74) is 10.3. The fraction of sp³-hybridized carbons (Fsp3) is 0.200. The predicted octanol–water partition coefficient (Wildman–Crippen LogP) is 4.36. The maximum absolute atomic E-state index is 5.89. The van der Waals surface area contributed by atoms with Gasteiger partial charge in [0.15, 0.2) is 0 Å². The zero-order chi connectivity index (χ0) is 13.1. The molecule has 94 valence electrons. The number of rotatable bonds is 3. The molecule has 0 unspecified atom stereocenters. The first kappa shape index (κ1) is 13.0. The van der Waals surface area contributed by atoms with Crippen LogP contribution in [0.4, 0.5) is 17.1 Å². The molecule has 0 aliphatic heterocycles. The molecule has 2 aromatic carbocycles. The zero-order valence-corrected chi connectivity index (χ0v) is 12.2. The Labute approximate surface area is 117 Å². The number of nitrogens with zero attached hydrogens (tertiary/aromatic N) is 1. The van der Waals surface area contributed by atoms with E-state index >= 15 is 0 Å². The molecule has 0 bridgehead atoms. The van der Waals surface area contributed by atoms with E-state index < -0.39 is 0 Å². The topological polar surface area (TPSA) is 29.3 Å². The summed E-state index contributed by atoms with van der Waals surface area (Å²) in [4.78, 5) is 2.18. The minimum absolute atomic E-state index is 0.795. The Bertz CT molecular complexity index is 538. The number of hydrogen-bond acceptors (Lipinski definition) is 2. The summed E-state index contributed by atoms with van der Waals surface area (Å²) in [6.45, 7) is 2.14. The lowest BCUT2D eigenvalue weighted by molar-refractivity contribution is 1.09. The Morgan fingerprint density at radius 3 is 2.44 bits per heavy atom. The van der Waals surface area contributed by atoms with Crippen molar-refractivity contribution in [1.82, 2.24) is 0 Å². The first-order valence-corrected chi connectivity index (χ1v) is 6.79. The number of para-hydroxylation sites is 1. The van der Waals surface area contributed by atoms with Gasteiger partial charge in [-0.1, -0.05) is 25.1 Å². The van der Waals surface area contributed by atoms with Gasteiger partial charge in [-0.05, 0) is 52.2 Å². The number of anilines is 3. The molecule has 0 spiro atoms. The molecule has 18 heavy (non-hydrogen) atoms. The van der Waals surface area contributed by atoms with Crippen LogP contribution in [0.1, 0.15) is 12.5 Å². The third kappa shape index (κ3) is 2.51. The fourth-order valence-corrected chi connectivity index (χ4v) is 2.89. The van der Waals surface area contributed by atoms with Crippen molar-refractivity contribution in [3.8, 4) is 0 Å². The van der Waals surface area contributed by atoms with E-state index in [9.17, 15) is 0 Å². The van der Waals surface area contributed by atoms with Gasteiger partial charge in [0, 0.05) is 22.9 Å². The fourth-order valence-electron chi connectivity index (χ4n) is 2.11. The molecule has 0 aliphatic carbocycles. The monoisotopic (exact) mass is 304 g/mol. The minimum Gasteiger partial charge on any atom is -0.399 e. The van der Waals surface area contributed by atoms with Crippen molar-refractivity contribution in [2.45, 2.75) is 13.3 Å². The first-order chi connectivity index (χ1) is 8.63. The number of halogens is 1. The highest BCUT2D eigenvalue weighted by Gasteiger charge is 2.13. The molecule has 0 amide bonds. The van der Waals surface area contributed by atoms with E-state index in [2.05, 4.69) is 46.9 Å². The Balaban J connectivity index is 2.51. The first-order valence-electron chi connectivity index (χ1n) is 6.00. The van der Waals surface area contributed by atoms with E-state index in [0.717, 1.165) is 22.3 Å². The smallest absolute Gasteiger partial charge is 0.0586 e. The van der Waals surface area contributed by atoms with Crippen molar-refractivity contribution >= 4 is 33.0 Å². The van der Waals surface area contributed by atoms with Crippen LogP contribution in [-0.4, -0.2) is 7.05 Å². The molecule has 0 aliphatic rings. The molecule has 0 saturated carbocycles. The average molecular weight is 305 g/mol. The maximum atomic E-state index is 5.89. The van der Waals surface area contributed by atoms with E-state index in [1.165, 1.54) is 11.3 Å². The molecule has 0 heterocycles. The van der Waals surface area contributed by atoms with E-state index in [1.807, 2.05) is 30.3 Å². The van der Waals surface area contributed by atoms with Gasteiger partial charge in [0.1, 0.15) is 0 Å². The van der Waals surface area contributed by atoms with Crippen molar-refractivity contribution in [3.63, 3.8) is 0 Å². The summed E-state index contributed by atoms with van der Waals surface area (Å²) in [6, 6.07) is 14.3. The lowest BCUT2D eigenvalue weighted by Crippen LogP contribution is -2.12. The van der Waals surface area contributed by atoms with Crippen LogP contribution in [0, 0.1) is 0 Å². The summed E-state index contributed by atoms with van der Waals surface area (Å²) in [5.74, 6) is 0. The summed E-state index contributed by atoms with van der Waals surface area (Å²) in [6.07, 6.45) is 0.955. The molecule has 0 saturated heterocycles. The summed E-state index contributed by atoms with van der Waals surface area (Å²) in [7, 11) is 2.07. The number of benzene rings is 2. The highest BCUT2D eigenvalue weighted by atomic mass is 79.9. The van der Waals surface area contributed by atoms with E-state index in [4.69, 9.17) is 5.73 Å². The van der Waals surface area contributed by atoms with Gasteiger partial charge in [0.2, 0.25) is 0 Å². The van der Waals surface area contributed by atoms with E-state index in [0.29, 0.717) is 0 Å². The van der Waals surface area contributed by atoms with Crippen molar-refractivity contribution < 1.29 is 0 Å². The number of aryl methyl sites for hydroxylation is 1. The summed E-state index contributed by atoms with van der Waals surface area (Å²) in [5, 5.41) is 0. The average Bonchev–Trinajstić information content (AvgIpc) is 2.38. The highest BCUT2D eigenvalue weighted by Crippen LogP contribution is 2.36. The zero-order valence-electron chi connectivity index (χ0n) is 10.7. The van der Waals surface area contributed by atoms with Gasteiger partial charge in [-0.15, -0.1) is 0 Å². The van der Waals surface area contributed by atoms with E-state index in [1.54, 1.807) is 0 Å². The molecular weight excluding hydrogens is 288 g/mol. The molecule has 2 rings (SSSR count). The second-order valence-electron chi connectivity index (χ2n) is 4.26. The SMILES string of the molecule is CCc1cc(N)cc(Br)c1N(C)c1ccccc1. The van der Waals surface area contributed by atoms with Crippen molar-refractivity contribution in [3.05, 3.63) is 52.5 Å². The standard InChI is InChI=1S/C15H17BrN2/c1-3-11-9-12(17)10-14(16)15(11)18(2)13-7-5-4-6-8-13/h4-10H,3,17H2,1-2H3. The third-order valence-corrected chi connectivity index (χ3v) is 3.63. The van der Waals surface area contributed by atoms with Crippen LogP contribution >= 0.6 is 15.9 Å². The predicted molar refractivity (Wildman–Crippen MR) is 82.4 cm³/mol.